The van der Waals surface area contributed by atoms with E-state index in [-0.39, 0.29) is 6.10 Å². The van der Waals surface area contributed by atoms with Crippen molar-refractivity contribution in [3.8, 4) is 5.75 Å². The summed E-state index contributed by atoms with van der Waals surface area (Å²) in [5, 5.41) is 3.37. The number of hydrogen-bond acceptors (Lipinski definition) is 4. The van der Waals surface area contributed by atoms with E-state index in [1.807, 2.05) is 13.8 Å². The van der Waals surface area contributed by atoms with Crippen molar-refractivity contribution in [2.75, 3.05) is 44.3 Å². The number of piperazine rings is 1. The summed E-state index contributed by atoms with van der Waals surface area (Å²) in [5.41, 5.74) is 2.47. The van der Waals surface area contributed by atoms with Crippen molar-refractivity contribution in [3.63, 3.8) is 0 Å². The molecule has 1 aliphatic rings. The van der Waals surface area contributed by atoms with Gasteiger partial charge in [0.25, 0.3) is 0 Å². The van der Waals surface area contributed by atoms with Crippen LogP contribution in [0.4, 0.5) is 5.69 Å². The molecule has 112 valence electrons. The zero-order valence-corrected chi connectivity index (χ0v) is 12.8. The van der Waals surface area contributed by atoms with Gasteiger partial charge in [-0.2, -0.15) is 0 Å². The van der Waals surface area contributed by atoms with Gasteiger partial charge in [0, 0.05) is 31.9 Å². The highest BCUT2D eigenvalue weighted by molar-refractivity contribution is 5.53. The van der Waals surface area contributed by atoms with Crippen LogP contribution in [-0.2, 0) is 4.74 Å². The minimum Gasteiger partial charge on any atom is -0.491 e. The van der Waals surface area contributed by atoms with Crippen LogP contribution in [0, 0.1) is 6.92 Å². The van der Waals surface area contributed by atoms with E-state index in [1.54, 1.807) is 0 Å². The number of nitrogens with zero attached hydrogens (tertiary/aromatic N) is 1. The Labute approximate surface area is 122 Å². The van der Waals surface area contributed by atoms with Gasteiger partial charge < -0.3 is 19.7 Å². The summed E-state index contributed by atoms with van der Waals surface area (Å²) in [5.74, 6) is 0.955. The number of rotatable bonds is 6. The van der Waals surface area contributed by atoms with Crippen molar-refractivity contribution < 1.29 is 9.47 Å². The molecule has 2 rings (SSSR count). The lowest BCUT2D eigenvalue weighted by molar-refractivity contribution is 0.0551. The van der Waals surface area contributed by atoms with E-state index in [4.69, 9.17) is 9.47 Å². The Balaban J connectivity index is 1.88. The van der Waals surface area contributed by atoms with Crippen LogP contribution in [0.15, 0.2) is 18.2 Å². The topological polar surface area (TPSA) is 33.7 Å². The summed E-state index contributed by atoms with van der Waals surface area (Å²) in [6.07, 6.45) is 0.259. The highest BCUT2D eigenvalue weighted by atomic mass is 16.5. The van der Waals surface area contributed by atoms with Gasteiger partial charge in [-0.15, -0.1) is 0 Å². The Kier molecular flexibility index (Phi) is 5.68. The number of anilines is 1. The molecule has 4 nitrogen and oxygen atoms in total. The molecular weight excluding hydrogens is 252 g/mol. The largest absolute Gasteiger partial charge is 0.491 e. The van der Waals surface area contributed by atoms with Gasteiger partial charge in [0.1, 0.15) is 12.4 Å². The van der Waals surface area contributed by atoms with Gasteiger partial charge in [0.2, 0.25) is 0 Å². The number of ether oxygens (including phenoxy) is 2. The smallest absolute Gasteiger partial charge is 0.122 e. The van der Waals surface area contributed by atoms with Gasteiger partial charge in [-0.3, -0.25) is 0 Å². The van der Waals surface area contributed by atoms with E-state index < -0.39 is 0 Å². The molecule has 0 atom stereocenters. The van der Waals surface area contributed by atoms with Crippen LogP contribution in [0.1, 0.15) is 19.4 Å². The Morgan fingerprint density at radius 1 is 1.20 bits per heavy atom. The van der Waals surface area contributed by atoms with E-state index in [2.05, 4.69) is 35.3 Å². The SMILES string of the molecule is Cc1cc(N2CCNCC2)ccc1OCCOC(C)C. The Hall–Kier alpha value is -1.26. The normalized spacial score (nSPS) is 15.7. The van der Waals surface area contributed by atoms with Gasteiger partial charge in [-0.1, -0.05) is 0 Å². The Morgan fingerprint density at radius 2 is 1.95 bits per heavy atom. The predicted octanol–water partition coefficient (Wildman–Crippen LogP) is 2.21. The minimum absolute atomic E-state index is 0.259. The first-order valence-corrected chi connectivity index (χ1v) is 7.47. The number of hydrogen-bond donors (Lipinski definition) is 1. The molecule has 1 heterocycles. The average Bonchev–Trinajstić information content (AvgIpc) is 2.45. The first-order valence-electron chi connectivity index (χ1n) is 7.47. The lowest BCUT2D eigenvalue weighted by atomic mass is 10.1. The fraction of sp³-hybridized carbons (Fsp3) is 0.625. The molecule has 0 amide bonds. The fourth-order valence-corrected chi connectivity index (χ4v) is 2.35. The van der Waals surface area contributed by atoms with Gasteiger partial charge in [0.15, 0.2) is 0 Å². The molecule has 0 unspecified atom stereocenters. The minimum atomic E-state index is 0.259. The van der Waals surface area contributed by atoms with Gasteiger partial charge in [0.05, 0.1) is 12.7 Å². The molecule has 0 saturated carbocycles. The molecule has 4 heteroatoms. The standard InChI is InChI=1S/C16H26N2O2/c1-13(2)19-10-11-20-16-5-4-15(12-14(16)3)18-8-6-17-7-9-18/h4-5,12-13,17H,6-11H2,1-3H3. The molecule has 0 spiro atoms. The summed E-state index contributed by atoms with van der Waals surface area (Å²) < 4.78 is 11.3. The van der Waals surface area contributed by atoms with Gasteiger partial charge in [-0.25, -0.2) is 0 Å². The molecule has 1 fully saturated rings. The second kappa shape index (κ2) is 7.50. The van der Waals surface area contributed by atoms with Crippen molar-refractivity contribution in [1.82, 2.24) is 5.32 Å². The van der Waals surface area contributed by atoms with Crippen LogP contribution in [0.25, 0.3) is 0 Å². The highest BCUT2D eigenvalue weighted by Gasteiger charge is 2.11. The second-order valence-electron chi connectivity index (χ2n) is 5.45. The maximum Gasteiger partial charge on any atom is 0.122 e. The lowest BCUT2D eigenvalue weighted by Crippen LogP contribution is -2.43. The summed E-state index contributed by atoms with van der Waals surface area (Å²) in [7, 11) is 0. The number of aryl methyl sites for hydroxylation is 1. The van der Waals surface area contributed by atoms with Crippen LogP contribution in [0.2, 0.25) is 0 Å². The third kappa shape index (κ3) is 4.39. The monoisotopic (exact) mass is 278 g/mol. The predicted molar refractivity (Wildman–Crippen MR) is 82.8 cm³/mol. The van der Waals surface area contributed by atoms with Crippen molar-refractivity contribution in [2.24, 2.45) is 0 Å². The van der Waals surface area contributed by atoms with Crippen LogP contribution in [0.3, 0.4) is 0 Å². The maximum absolute atomic E-state index is 5.77. The lowest BCUT2D eigenvalue weighted by Gasteiger charge is -2.30. The zero-order chi connectivity index (χ0) is 14.4. The Morgan fingerprint density at radius 3 is 2.60 bits per heavy atom. The highest BCUT2D eigenvalue weighted by Crippen LogP contribution is 2.24. The van der Waals surface area contributed by atoms with E-state index in [0.29, 0.717) is 13.2 Å². The summed E-state index contributed by atoms with van der Waals surface area (Å²) >= 11 is 0. The van der Waals surface area contributed by atoms with Crippen molar-refractivity contribution in [3.05, 3.63) is 23.8 Å². The summed E-state index contributed by atoms with van der Waals surface area (Å²) in [4.78, 5) is 2.41. The van der Waals surface area contributed by atoms with E-state index in [1.165, 1.54) is 11.3 Å². The molecule has 0 aliphatic carbocycles. The molecular formula is C16H26N2O2. The molecule has 0 radical (unpaired) electrons. The van der Waals surface area contributed by atoms with Crippen LogP contribution >= 0.6 is 0 Å². The molecule has 1 aromatic rings. The van der Waals surface area contributed by atoms with E-state index in [9.17, 15) is 0 Å². The maximum atomic E-state index is 5.77. The molecule has 1 saturated heterocycles. The van der Waals surface area contributed by atoms with Gasteiger partial charge >= 0.3 is 0 Å². The zero-order valence-electron chi connectivity index (χ0n) is 12.8. The molecule has 1 N–H and O–H groups in total. The quantitative estimate of drug-likeness (QED) is 0.809. The third-order valence-corrected chi connectivity index (χ3v) is 3.43. The number of benzene rings is 1. The van der Waals surface area contributed by atoms with Crippen molar-refractivity contribution in [1.29, 1.82) is 0 Å². The third-order valence-electron chi connectivity index (χ3n) is 3.43. The summed E-state index contributed by atoms with van der Waals surface area (Å²) in [6.45, 7) is 11.7. The van der Waals surface area contributed by atoms with Crippen molar-refractivity contribution >= 4 is 5.69 Å². The first kappa shape index (κ1) is 15.1. The average molecular weight is 278 g/mol. The summed E-state index contributed by atoms with van der Waals surface area (Å²) in [6, 6.07) is 6.43. The van der Waals surface area contributed by atoms with E-state index >= 15 is 0 Å². The molecule has 1 aromatic carbocycles. The van der Waals surface area contributed by atoms with Crippen LogP contribution < -0.4 is 15.0 Å². The molecule has 0 bridgehead atoms. The Bertz CT molecular complexity index is 415. The van der Waals surface area contributed by atoms with Gasteiger partial charge in [-0.05, 0) is 44.5 Å². The van der Waals surface area contributed by atoms with E-state index in [0.717, 1.165) is 31.9 Å². The molecule has 20 heavy (non-hydrogen) atoms. The first-order chi connectivity index (χ1) is 9.66. The molecule has 1 aliphatic heterocycles. The number of nitrogens with one attached hydrogen (secondary N) is 1. The second-order valence-corrected chi connectivity index (χ2v) is 5.45. The van der Waals surface area contributed by atoms with Crippen LogP contribution in [0.5, 0.6) is 5.75 Å². The van der Waals surface area contributed by atoms with Crippen molar-refractivity contribution in [2.45, 2.75) is 26.9 Å². The fourth-order valence-electron chi connectivity index (χ4n) is 2.35. The van der Waals surface area contributed by atoms with Crippen LogP contribution in [-0.4, -0.2) is 45.5 Å². The molecule has 0 aromatic heterocycles.